The molecule has 0 aliphatic rings. The Labute approximate surface area is 118 Å². The van der Waals surface area contributed by atoms with Crippen LogP contribution >= 0.6 is 0 Å². The molecule has 7 nitrogen and oxygen atoms in total. The number of hydrogen-bond donors (Lipinski definition) is 2. The number of terminal acetylenes is 1. The van der Waals surface area contributed by atoms with Gasteiger partial charge >= 0.3 is 5.69 Å². The van der Waals surface area contributed by atoms with Gasteiger partial charge in [-0.15, -0.1) is 6.42 Å². The summed E-state index contributed by atoms with van der Waals surface area (Å²) in [6, 6.07) is 2.01. The Balaban J connectivity index is 2.65. The van der Waals surface area contributed by atoms with Gasteiger partial charge in [0.05, 0.1) is 12.2 Å². The molecule has 0 spiro atoms. The first-order chi connectivity index (χ1) is 9.95. The van der Waals surface area contributed by atoms with Crippen LogP contribution in [0.25, 0.3) is 5.69 Å². The van der Waals surface area contributed by atoms with Gasteiger partial charge in [-0.05, 0) is 6.07 Å². The zero-order valence-corrected chi connectivity index (χ0v) is 11.0. The molecule has 0 fully saturated rings. The fourth-order valence-electron chi connectivity index (χ4n) is 1.65. The molecule has 0 atom stereocenters. The number of nitrogens with one attached hydrogen (secondary N) is 1. The maximum absolute atomic E-state index is 13.9. The van der Waals surface area contributed by atoms with E-state index < -0.39 is 17.1 Å². The van der Waals surface area contributed by atoms with Crippen LogP contribution < -0.4 is 16.6 Å². The third-order valence-corrected chi connectivity index (χ3v) is 2.76. The number of nitrogens with zero attached hydrogens (tertiary/aromatic N) is 3. The van der Waals surface area contributed by atoms with Crippen molar-refractivity contribution in [1.82, 2.24) is 14.3 Å². The molecule has 2 N–H and O–H groups in total. The first kappa shape index (κ1) is 14.3. The molecule has 1 heterocycles. The Hall–Kier alpha value is -3.08. The van der Waals surface area contributed by atoms with Gasteiger partial charge in [-0.25, -0.2) is 9.18 Å². The van der Waals surface area contributed by atoms with Crippen LogP contribution in [0.1, 0.15) is 0 Å². The fraction of sp³-hybridized carbons (Fsp3) is 0.154. The van der Waals surface area contributed by atoms with Gasteiger partial charge in [0.2, 0.25) is 0 Å². The Kier molecular flexibility index (Phi) is 3.75. The lowest BCUT2D eigenvalue weighted by molar-refractivity contribution is 0.469. The molecule has 0 radical (unpaired) electrons. The highest BCUT2D eigenvalue weighted by Crippen LogP contribution is 2.27. The van der Waals surface area contributed by atoms with Crippen LogP contribution in [0.15, 0.2) is 27.9 Å². The number of aromatic nitrogens is 3. The van der Waals surface area contributed by atoms with Crippen molar-refractivity contribution < 1.29 is 9.50 Å². The van der Waals surface area contributed by atoms with E-state index in [4.69, 9.17) is 6.42 Å². The molecule has 0 saturated carbocycles. The molecule has 1 aromatic heterocycles. The number of rotatable bonds is 3. The zero-order chi connectivity index (χ0) is 15.6. The second kappa shape index (κ2) is 5.50. The standard InChI is InChI=1S/C13H11FN4O3/c1-3-4-15-9-6-10(8(14)5-11(9)19)18-13(21)17(2)12(20)7-16-18/h1,5-7,15,19H,4H2,2H3. The molecule has 2 aromatic rings. The van der Waals surface area contributed by atoms with Gasteiger partial charge in [-0.3, -0.25) is 9.36 Å². The number of anilines is 1. The van der Waals surface area contributed by atoms with Crippen LogP contribution in [-0.2, 0) is 7.05 Å². The quantitative estimate of drug-likeness (QED) is 0.605. The van der Waals surface area contributed by atoms with Crippen molar-refractivity contribution in [3.8, 4) is 23.8 Å². The minimum absolute atomic E-state index is 0.105. The molecule has 0 amide bonds. The van der Waals surface area contributed by atoms with Crippen molar-refractivity contribution in [2.24, 2.45) is 7.05 Å². The van der Waals surface area contributed by atoms with Crippen molar-refractivity contribution in [1.29, 1.82) is 0 Å². The van der Waals surface area contributed by atoms with E-state index in [1.807, 2.05) is 0 Å². The first-order valence-corrected chi connectivity index (χ1v) is 5.81. The topological polar surface area (TPSA) is 89.2 Å². The molecular weight excluding hydrogens is 279 g/mol. The van der Waals surface area contributed by atoms with Gasteiger partial charge in [0.1, 0.15) is 17.6 Å². The minimum atomic E-state index is -0.869. The lowest BCUT2D eigenvalue weighted by atomic mass is 10.2. The Morgan fingerprint density at radius 3 is 2.86 bits per heavy atom. The van der Waals surface area contributed by atoms with E-state index in [0.29, 0.717) is 0 Å². The Bertz CT molecular complexity index is 848. The van der Waals surface area contributed by atoms with Gasteiger partial charge < -0.3 is 10.4 Å². The lowest BCUT2D eigenvalue weighted by Gasteiger charge is -2.11. The Morgan fingerprint density at radius 2 is 2.19 bits per heavy atom. The number of benzene rings is 1. The van der Waals surface area contributed by atoms with Crippen LogP contribution in [0.3, 0.4) is 0 Å². The molecule has 1 aromatic carbocycles. The first-order valence-electron chi connectivity index (χ1n) is 5.81. The highest BCUT2D eigenvalue weighted by molar-refractivity contribution is 5.61. The van der Waals surface area contributed by atoms with Gasteiger partial charge in [0.15, 0.2) is 5.82 Å². The number of aromatic hydroxyl groups is 1. The van der Waals surface area contributed by atoms with Crippen molar-refractivity contribution in [3.63, 3.8) is 0 Å². The second-order valence-electron chi connectivity index (χ2n) is 4.11. The van der Waals surface area contributed by atoms with Crippen molar-refractivity contribution >= 4 is 5.69 Å². The van der Waals surface area contributed by atoms with Gasteiger partial charge in [-0.1, -0.05) is 5.92 Å². The zero-order valence-electron chi connectivity index (χ0n) is 11.0. The van der Waals surface area contributed by atoms with E-state index in [2.05, 4.69) is 16.3 Å². The average molecular weight is 290 g/mol. The van der Waals surface area contributed by atoms with E-state index in [1.54, 1.807) is 0 Å². The van der Waals surface area contributed by atoms with E-state index in [-0.39, 0.29) is 23.7 Å². The van der Waals surface area contributed by atoms with Crippen LogP contribution in [0, 0.1) is 18.2 Å². The predicted molar refractivity (Wildman–Crippen MR) is 74.0 cm³/mol. The maximum Gasteiger partial charge on any atom is 0.352 e. The molecular formula is C13H11FN4O3. The van der Waals surface area contributed by atoms with Crippen LogP contribution in [-0.4, -0.2) is 26.0 Å². The average Bonchev–Trinajstić information content (AvgIpc) is 2.45. The molecule has 0 aliphatic heterocycles. The van der Waals surface area contributed by atoms with E-state index in [1.165, 1.54) is 13.1 Å². The number of halogens is 1. The largest absolute Gasteiger partial charge is 0.506 e. The summed E-state index contributed by atoms with van der Waals surface area (Å²) in [4.78, 5) is 23.2. The highest BCUT2D eigenvalue weighted by atomic mass is 19.1. The van der Waals surface area contributed by atoms with Gasteiger partial charge in [-0.2, -0.15) is 9.78 Å². The number of phenolic OH excluding ortho intramolecular Hbond substituents is 1. The molecule has 0 bridgehead atoms. The summed E-state index contributed by atoms with van der Waals surface area (Å²) in [6.07, 6.45) is 5.98. The summed E-state index contributed by atoms with van der Waals surface area (Å²) >= 11 is 0. The van der Waals surface area contributed by atoms with E-state index in [0.717, 1.165) is 21.5 Å². The van der Waals surface area contributed by atoms with E-state index >= 15 is 0 Å². The third-order valence-electron chi connectivity index (χ3n) is 2.76. The van der Waals surface area contributed by atoms with Crippen molar-refractivity contribution in [2.45, 2.75) is 0 Å². The molecule has 2 rings (SSSR count). The molecule has 108 valence electrons. The second-order valence-corrected chi connectivity index (χ2v) is 4.11. The normalized spacial score (nSPS) is 10.1. The van der Waals surface area contributed by atoms with E-state index in [9.17, 15) is 19.1 Å². The van der Waals surface area contributed by atoms with Crippen molar-refractivity contribution in [3.05, 3.63) is 45.0 Å². The third kappa shape index (κ3) is 2.62. The molecule has 0 unspecified atom stereocenters. The minimum Gasteiger partial charge on any atom is -0.506 e. The summed E-state index contributed by atoms with van der Waals surface area (Å²) in [7, 11) is 1.25. The Morgan fingerprint density at radius 1 is 1.48 bits per heavy atom. The summed E-state index contributed by atoms with van der Waals surface area (Å²) in [5.74, 6) is 1.07. The molecule has 0 saturated heterocycles. The molecule has 8 heteroatoms. The predicted octanol–water partition coefficient (Wildman–Crippen LogP) is -0.179. The fourth-order valence-corrected chi connectivity index (χ4v) is 1.65. The number of phenols is 1. The summed E-state index contributed by atoms with van der Waals surface area (Å²) in [5, 5.41) is 15.9. The van der Waals surface area contributed by atoms with Crippen molar-refractivity contribution in [2.75, 3.05) is 11.9 Å². The van der Waals surface area contributed by atoms with Gasteiger partial charge in [0, 0.05) is 13.1 Å². The van der Waals surface area contributed by atoms with Crippen LogP contribution in [0.4, 0.5) is 10.1 Å². The summed E-state index contributed by atoms with van der Waals surface area (Å²) in [6.45, 7) is 0.105. The van der Waals surface area contributed by atoms with Gasteiger partial charge in [0.25, 0.3) is 5.56 Å². The molecule has 0 aliphatic carbocycles. The lowest BCUT2D eigenvalue weighted by Crippen LogP contribution is -2.38. The summed E-state index contributed by atoms with van der Waals surface area (Å²) < 4.78 is 15.4. The monoisotopic (exact) mass is 290 g/mol. The molecule has 21 heavy (non-hydrogen) atoms. The van der Waals surface area contributed by atoms with Crippen LogP contribution in [0.2, 0.25) is 0 Å². The summed E-state index contributed by atoms with van der Waals surface area (Å²) in [5.41, 5.74) is -1.49. The highest BCUT2D eigenvalue weighted by Gasteiger charge is 2.14. The SMILES string of the molecule is C#CCNc1cc(-n2ncc(=O)n(C)c2=O)c(F)cc1O. The smallest absolute Gasteiger partial charge is 0.352 e. The van der Waals surface area contributed by atoms with Crippen LogP contribution in [0.5, 0.6) is 5.75 Å². The maximum atomic E-state index is 13.9. The number of hydrogen-bond acceptors (Lipinski definition) is 5.